The average Bonchev–Trinajstić information content (AvgIpc) is 3.04. The highest BCUT2D eigenvalue weighted by atomic mass is 32.2. The van der Waals surface area contributed by atoms with E-state index in [-0.39, 0.29) is 4.90 Å². The zero-order chi connectivity index (χ0) is 33.1. The molecule has 0 spiro atoms. The molecule has 0 aliphatic heterocycles. The topological polar surface area (TPSA) is 54.4 Å². The van der Waals surface area contributed by atoms with Gasteiger partial charge in [-0.3, -0.25) is 4.55 Å². The van der Waals surface area contributed by atoms with Crippen molar-refractivity contribution < 1.29 is 13.0 Å². The fraction of sp³-hybridized carbons (Fsp3) is 0.762. The summed E-state index contributed by atoms with van der Waals surface area (Å²) in [5, 5.41) is 1.58. The zero-order valence-electron chi connectivity index (χ0n) is 30.3. The van der Waals surface area contributed by atoms with E-state index in [1.54, 1.807) is 0 Å². The first-order valence-electron chi connectivity index (χ1n) is 20.0. The normalized spacial score (nSPS) is 12.0. The lowest BCUT2D eigenvalue weighted by molar-refractivity contribution is 0.482. The smallest absolute Gasteiger partial charge is 0.282 e. The van der Waals surface area contributed by atoms with Crippen molar-refractivity contribution in [1.82, 2.24) is 0 Å². The zero-order valence-corrected chi connectivity index (χ0v) is 31.1. The number of hydrogen-bond acceptors (Lipinski definition) is 2. The van der Waals surface area contributed by atoms with Gasteiger partial charge in [-0.1, -0.05) is 211 Å². The summed E-state index contributed by atoms with van der Waals surface area (Å²) in [7, 11) is -4.28. The van der Waals surface area contributed by atoms with E-state index in [1.165, 1.54) is 173 Å². The summed E-state index contributed by atoms with van der Waals surface area (Å²) < 4.78 is 35.1. The molecular formula is C42H72O3S. The number of benzene rings is 2. The Morgan fingerprint density at radius 1 is 0.457 bits per heavy atom. The Balaban J connectivity index is 1.63. The Morgan fingerprint density at radius 3 is 1.22 bits per heavy atom. The van der Waals surface area contributed by atoms with E-state index >= 15 is 0 Å². The average molecular weight is 657 g/mol. The first-order valence-corrected chi connectivity index (χ1v) is 21.4. The Hall–Kier alpha value is -1.39. The standard InChI is InChI=1S/C42H72O3S/c1-3-5-7-9-11-13-15-17-19-21-23-25-27-29-31-38-33-36-41-40(37-38)35-34-39(42(41)46(43,44)45)32-30-28-26-24-22-20-18-16-14-12-10-8-6-4-2/h33-37H,3-32H2,1-2H3,(H,43,44,45). The van der Waals surface area contributed by atoms with Crippen LogP contribution in [0.2, 0.25) is 0 Å². The minimum absolute atomic E-state index is 0.128. The summed E-state index contributed by atoms with van der Waals surface area (Å²) in [5.41, 5.74) is 2.01. The van der Waals surface area contributed by atoms with Crippen LogP contribution in [0.5, 0.6) is 0 Å². The third kappa shape index (κ3) is 18.8. The van der Waals surface area contributed by atoms with Crippen LogP contribution in [-0.4, -0.2) is 13.0 Å². The quantitative estimate of drug-likeness (QED) is 0.0649. The van der Waals surface area contributed by atoms with Crippen LogP contribution < -0.4 is 0 Å². The Bertz CT molecular complexity index is 1120. The van der Waals surface area contributed by atoms with Gasteiger partial charge in [-0.2, -0.15) is 8.42 Å². The molecule has 0 atom stereocenters. The summed E-state index contributed by atoms with van der Waals surface area (Å²) in [6, 6.07) is 10.1. The lowest BCUT2D eigenvalue weighted by Gasteiger charge is -2.12. The second-order valence-electron chi connectivity index (χ2n) is 14.3. The monoisotopic (exact) mass is 657 g/mol. The van der Waals surface area contributed by atoms with Crippen LogP contribution in [-0.2, 0) is 23.0 Å². The molecule has 0 fully saturated rings. The first kappa shape index (κ1) is 40.8. The molecule has 264 valence electrons. The molecule has 0 aromatic heterocycles. The predicted molar refractivity (Wildman–Crippen MR) is 202 cm³/mol. The molecule has 0 saturated heterocycles. The molecule has 0 unspecified atom stereocenters. The minimum Gasteiger partial charge on any atom is -0.282 e. The first-order chi connectivity index (χ1) is 22.5. The van der Waals surface area contributed by atoms with Crippen LogP contribution in [0.15, 0.2) is 35.2 Å². The van der Waals surface area contributed by atoms with Gasteiger partial charge in [-0.15, -0.1) is 0 Å². The fourth-order valence-corrected chi connectivity index (χ4v) is 8.05. The Morgan fingerprint density at radius 2 is 0.826 bits per heavy atom. The van der Waals surface area contributed by atoms with Crippen molar-refractivity contribution in [3.63, 3.8) is 0 Å². The third-order valence-corrected chi connectivity index (χ3v) is 11.0. The van der Waals surface area contributed by atoms with Gasteiger partial charge in [0.05, 0.1) is 0 Å². The number of aryl methyl sites for hydroxylation is 2. The van der Waals surface area contributed by atoms with E-state index in [2.05, 4.69) is 32.0 Å². The molecule has 0 bridgehead atoms. The Kier molecular flexibility index (Phi) is 23.5. The molecule has 0 heterocycles. The molecule has 0 aliphatic rings. The molecule has 2 aromatic rings. The highest BCUT2D eigenvalue weighted by molar-refractivity contribution is 7.86. The van der Waals surface area contributed by atoms with Crippen LogP contribution in [0.4, 0.5) is 0 Å². The molecule has 0 amide bonds. The van der Waals surface area contributed by atoms with Crippen molar-refractivity contribution in [2.45, 2.75) is 211 Å². The maximum absolute atomic E-state index is 12.5. The van der Waals surface area contributed by atoms with Gasteiger partial charge in [0.2, 0.25) is 0 Å². The summed E-state index contributed by atoms with van der Waals surface area (Å²) in [5.74, 6) is 0. The van der Waals surface area contributed by atoms with Gasteiger partial charge in [0, 0.05) is 5.39 Å². The number of fused-ring (bicyclic) bond motifs is 1. The predicted octanol–water partition coefficient (Wildman–Crippen LogP) is 14.1. The Labute approximate surface area is 285 Å². The molecule has 1 N–H and O–H groups in total. The minimum atomic E-state index is -4.28. The van der Waals surface area contributed by atoms with Crippen LogP contribution >= 0.6 is 0 Å². The van der Waals surface area contributed by atoms with Crippen LogP contribution in [0.25, 0.3) is 10.8 Å². The van der Waals surface area contributed by atoms with Crippen molar-refractivity contribution in [3.8, 4) is 0 Å². The maximum Gasteiger partial charge on any atom is 0.295 e. The van der Waals surface area contributed by atoms with Crippen molar-refractivity contribution in [2.75, 3.05) is 0 Å². The highest BCUT2D eigenvalue weighted by Gasteiger charge is 2.19. The summed E-state index contributed by atoms with van der Waals surface area (Å²) in [4.78, 5) is 0.128. The number of hydrogen-bond donors (Lipinski definition) is 1. The van der Waals surface area contributed by atoms with E-state index in [4.69, 9.17) is 0 Å². The molecular weight excluding hydrogens is 585 g/mol. The van der Waals surface area contributed by atoms with Gasteiger partial charge in [-0.05, 0) is 42.2 Å². The van der Waals surface area contributed by atoms with Crippen molar-refractivity contribution in [1.29, 1.82) is 0 Å². The van der Waals surface area contributed by atoms with E-state index in [0.29, 0.717) is 11.8 Å². The van der Waals surface area contributed by atoms with E-state index < -0.39 is 10.1 Å². The van der Waals surface area contributed by atoms with E-state index in [0.717, 1.165) is 30.2 Å². The van der Waals surface area contributed by atoms with E-state index in [1.807, 2.05) is 12.1 Å². The molecule has 46 heavy (non-hydrogen) atoms. The lowest BCUT2D eigenvalue weighted by atomic mass is 9.98. The maximum atomic E-state index is 12.5. The van der Waals surface area contributed by atoms with Crippen LogP contribution in [0.1, 0.15) is 205 Å². The summed E-state index contributed by atoms with van der Waals surface area (Å²) in [6.45, 7) is 4.55. The summed E-state index contributed by atoms with van der Waals surface area (Å²) >= 11 is 0. The van der Waals surface area contributed by atoms with Crippen molar-refractivity contribution >= 4 is 20.9 Å². The molecule has 4 heteroatoms. The van der Waals surface area contributed by atoms with Gasteiger partial charge < -0.3 is 0 Å². The number of unbranched alkanes of at least 4 members (excludes halogenated alkanes) is 26. The molecule has 0 saturated carbocycles. The second-order valence-corrected chi connectivity index (χ2v) is 15.6. The molecule has 0 aliphatic carbocycles. The molecule has 0 radical (unpaired) electrons. The molecule has 3 nitrogen and oxygen atoms in total. The largest absolute Gasteiger partial charge is 0.295 e. The summed E-state index contributed by atoms with van der Waals surface area (Å²) in [6.07, 6.45) is 39.0. The van der Waals surface area contributed by atoms with Gasteiger partial charge >= 0.3 is 0 Å². The lowest BCUT2D eigenvalue weighted by Crippen LogP contribution is -2.05. The number of rotatable bonds is 31. The highest BCUT2D eigenvalue weighted by Crippen LogP contribution is 2.30. The van der Waals surface area contributed by atoms with Crippen LogP contribution in [0.3, 0.4) is 0 Å². The fourth-order valence-electron chi connectivity index (χ4n) is 7.09. The van der Waals surface area contributed by atoms with Gasteiger partial charge in [-0.25, -0.2) is 0 Å². The van der Waals surface area contributed by atoms with Gasteiger partial charge in [0.15, 0.2) is 0 Å². The van der Waals surface area contributed by atoms with Crippen molar-refractivity contribution in [2.24, 2.45) is 0 Å². The second kappa shape index (κ2) is 26.6. The van der Waals surface area contributed by atoms with Gasteiger partial charge in [0.25, 0.3) is 10.1 Å². The molecule has 2 aromatic carbocycles. The van der Waals surface area contributed by atoms with E-state index in [9.17, 15) is 13.0 Å². The molecule has 2 rings (SSSR count). The van der Waals surface area contributed by atoms with Crippen molar-refractivity contribution in [3.05, 3.63) is 41.5 Å². The van der Waals surface area contributed by atoms with Gasteiger partial charge in [0.1, 0.15) is 4.90 Å². The SMILES string of the molecule is CCCCCCCCCCCCCCCCc1ccc2c(S(=O)(=O)O)c(CCCCCCCCCCCCCCCC)ccc2c1. The van der Waals surface area contributed by atoms with Crippen LogP contribution in [0, 0.1) is 0 Å². The third-order valence-electron chi connectivity index (χ3n) is 9.99.